The van der Waals surface area contributed by atoms with E-state index in [0.717, 1.165) is 121 Å². The molecule has 4 bridgehead atoms. The summed E-state index contributed by atoms with van der Waals surface area (Å²) in [6, 6.07) is 67.3. The molecule has 4 heteroatoms. The summed E-state index contributed by atoms with van der Waals surface area (Å²) in [5.41, 5.74) is 19.8. The molecule has 0 aliphatic heterocycles. The van der Waals surface area contributed by atoms with Gasteiger partial charge in [-0.2, -0.15) is 0 Å². The minimum Gasteiger partial charge on any atom is -0.456 e. The molecule has 3 heterocycles. The lowest BCUT2D eigenvalue weighted by molar-refractivity contribution is 0.0966. The Bertz CT molecular complexity index is 4220. The maximum absolute atomic E-state index is 15.4. The van der Waals surface area contributed by atoms with Gasteiger partial charge in [0.2, 0.25) is 0 Å². The van der Waals surface area contributed by atoms with Crippen LogP contribution in [-0.2, 0) is 0 Å². The molecular formula is C64H35NO3. The van der Waals surface area contributed by atoms with Gasteiger partial charge in [-0.1, -0.05) is 140 Å². The molecule has 6 aliphatic carbocycles. The summed E-state index contributed by atoms with van der Waals surface area (Å²) in [4.78, 5) is 30.8. The van der Waals surface area contributed by atoms with Crippen LogP contribution in [0.1, 0.15) is 100 Å². The quantitative estimate of drug-likeness (QED) is 0.165. The number of aromatic nitrogens is 1. The van der Waals surface area contributed by atoms with E-state index in [4.69, 9.17) is 4.42 Å². The molecule has 4 nitrogen and oxygen atoms in total. The average molecular weight is 866 g/mol. The predicted octanol–water partition coefficient (Wildman–Crippen LogP) is 15.2. The van der Waals surface area contributed by atoms with E-state index < -0.39 is 0 Å². The minimum absolute atomic E-state index is 0.0905. The molecule has 0 saturated carbocycles. The molecule has 10 aromatic carbocycles. The fraction of sp³-hybridized carbons (Fsp3) is 0.0625. The van der Waals surface area contributed by atoms with Crippen molar-refractivity contribution < 1.29 is 14.0 Å². The van der Waals surface area contributed by atoms with Gasteiger partial charge < -0.3 is 8.82 Å². The van der Waals surface area contributed by atoms with Gasteiger partial charge in [-0.3, -0.25) is 9.59 Å². The van der Waals surface area contributed by atoms with Crippen molar-refractivity contribution in [3.63, 3.8) is 0 Å². The van der Waals surface area contributed by atoms with E-state index >= 15 is 9.59 Å². The number of Topliss-reactive ketones (excluding diaryl/α,β-unsaturated/α-hetero) is 2. The summed E-state index contributed by atoms with van der Waals surface area (Å²) < 4.78 is 9.04. The van der Waals surface area contributed by atoms with Crippen LogP contribution in [0.15, 0.2) is 192 Å². The summed E-state index contributed by atoms with van der Waals surface area (Å²) in [5.74, 6) is -0.686. The third kappa shape index (κ3) is 4.16. The van der Waals surface area contributed by atoms with E-state index in [-0.39, 0.29) is 35.2 Å². The zero-order valence-corrected chi connectivity index (χ0v) is 36.4. The molecule has 68 heavy (non-hydrogen) atoms. The highest BCUT2D eigenvalue weighted by atomic mass is 16.3. The van der Waals surface area contributed by atoms with Crippen LogP contribution in [0.4, 0.5) is 0 Å². The third-order valence-corrected chi connectivity index (χ3v) is 16.6. The molecule has 0 saturated heterocycles. The predicted molar refractivity (Wildman–Crippen MR) is 271 cm³/mol. The molecule has 0 unspecified atom stereocenters. The standard InChI is InChI=1S/C64H35NO3/c66-63-50-30-52-44(28-46(50)56-36-14-3-7-18-40(36)58(63)41-19-8-4-15-37(41)56)48-26-33(35-22-11-23-54-61(35)60-34-13-2-1-12-32(34)24-25-55(60)68-54)27-49-45-29-47-51(31-53(45)65(52)62(48)49)64(67)59-42-20-9-5-16-38(42)57(47)39-17-6-10-21-43(39)59/h1-31,56-59H. The van der Waals surface area contributed by atoms with E-state index in [1.54, 1.807) is 0 Å². The van der Waals surface area contributed by atoms with Crippen LogP contribution < -0.4 is 0 Å². The normalized spacial score (nSPS) is 18.6. The monoisotopic (exact) mass is 865 g/mol. The molecule has 314 valence electrons. The fourth-order valence-electron chi connectivity index (χ4n) is 13.9. The fourth-order valence-corrected chi connectivity index (χ4v) is 13.9. The first-order valence-corrected chi connectivity index (χ1v) is 23.7. The minimum atomic E-state index is -0.386. The van der Waals surface area contributed by atoms with Crippen molar-refractivity contribution in [2.75, 3.05) is 0 Å². The number of benzene rings is 10. The molecule has 0 spiro atoms. The van der Waals surface area contributed by atoms with Gasteiger partial charge in [-0.05, 0) is 126 Å². The van der Waals surface area contributed by atoms with E-state index in [2.05, 4.69) is 192 Å². The number of hydrogen-bond donors (Lipinski definition) is 0. The Labute approximate surface area is 388 Å². The van der Waals surface area contributed by atoms with E-state index in [1.807, 2.05) is 0 Å². The zero-order chi connectivity index (χ0) is 44.3. The maximum Gasteiger partial charge on any atom is 0.175 e. The van der Waals surface area contributed by atoms with Gasteiger partial charge in [0.1, 0.15) is 11.2 Å². The van der Waals surface area contributed by atoms with Crippen LogP contribution in [0.3, 0.4) is 0 Å². The first-order chi connectivity index (χ1) is 33.6. The zero-order valence-electron chi connectivity index (χ0n) is 36.4. The molecule has 0 N–H and O–H groups in total. The van der Waals surface area contributed by atoms with E-state index in [0.29, 0.717) is 0 Å². The summed E-state index contributed by atoms with van der Waals surface area (Å²) in [5, 5.41) is 8.96. The highest BCUT2D eigenvalue weighted by Crippen LogP contribution is 2.56. The van der Waals surface area contributed by atoms with Crippen molar-refractivity contribution in [3.8, 4) is 11.1 Å². The third-order valence-electron chi connectivity index (χ3n) is 16.6. The van der Waals surface area contributed by atoms with Crippen molar-refractivity contribution in [2.45, 2.75) is 23.7 Å². The number of fused-ring (bicyclic) bond motifs is 11. The Morgan fingerprint density at radius 1 is 0.338 bits per heavy atom. The van der Waals surface area contributed by atoms with Crippen LogP contribution in [0, 0.1) is 0 Å². The Morgan fingerprint density at radius 3 is 1.31 bits per heavy atom. The second-order valence-corrected chi connectivity index (χ2v) is 19.6. The Hall–Kier alpha value is -8.60. The highest BCUT2D eigenvalue weighted by Gasteiger charge is 2.45. The Morgan fingerprint density at radius 2 is 0.794 bits per heavy atom. The van der Waals surface area contributed by atoms with Gasteiger partial charge in [-0.15, -0.1) is 0 Å². The molecular weight excluding hydrogens is 831 g/mol. The summed E-state index contributed by atoms with van der Waals surface area (Å²) in [6.07, 6.45) is 0. The van der Waals surface area contributed by atoms with E-state index in [1.165, 1.54) is 27.6 Å². The van der Waals surface area contributed by atoms with Crippen LogP contribution in [0.2, 0.25) is 0 Å². The number of furan rings is 1. The van der Waals surface area contributed by atoms with Gasteiger partial charge >= 0.3 is 0 Å². The summed E-state index contributed by atoms with van der Waals surface area (Å²) in [7, 11) is 0. The molecule has 0 atom stereocenters. The number of ketones is 2. The lowest BCUT2D eigenvalue weighted by Gasteiger charge is -2.30. The number of carbonyl (C=O) groups is 2. The van der Waals surface area contributed by atoms with Gasteiger partial charge in [-0.25, -0.2) is 0 Å². The average Bonchev–Trinajstić information content (AvgIpc) is 3.95. The molecule has 0 amide bonds. The Balaban J connectivity index is 1.03. The topological polar surface area (TPSA) is 51.7 Å². The molecule has 13 aromatic rings. The number of rotatable bonds is 1. The second-order valence-electron chi connectivity index (χ2n) is 19.6. The molecule has 6 aliphatic rings. The largest absolute Gasteiger partial charge is 0.456 e. The SMILES string of the molecule is O=C1c2cc3c(cc2C2c4ccccc4C1c1ccccc12)c1cc(-c2cccc4oc5ccc6ccccc6c5c24)cc2c4cc5c(cc4n3c12)C(=O)C1c2ccccc2C5c2ccccc21. The van der Waals surface area contributed by atoms with Crippen molar-refractivity contribution in [1.29, 1.82) is 0 Å². The molecule has 3 aromatic heterocycles. The number of nitrogens with zero attached hydrogens (tertiary/aromatic N) is 1. The van der Waals surface area contributed by atoms with Crippen molar-refractivity contribution >= 4 is 82.4 Å². The van der Waals surface area contributed by atoms with Crippen LogP contribution in [-0.4, -0.2) is 16.0 Å². The Kier molecular flexibility index (Phi) is 6.41. The van der Waals surface area contributed by atoms with Gasteiger partial charge in [0.25, 0.3) is 0 Å². The lowest BCUT2D eigenvalue weighted by Crippen LogP contribution is -2.19. The number of carbonyl (C=O) groups excluding carboxylic acids is 2. The lowest BCUT2D eigenvalue weighted by atomic mass is 9.72. The van der Waals surface area contributed by atoms with Crippen molar-refractivity contribution in [1.82, 2.24) is 4.40 Å². The van der Waals surface area contributed by atoms with Crippen LogP contribution in [0.25, 0.3) is 81.9 Å². The molecule has 19 rings (SSSR count). The summed E-state index contributed by atoms with van der Waals surface area (Å²) >= 11 is 0. The molecule has 0 radical (unpaired) electrons. The molecule has 0 fully saturated rings. The highest BCUT2D eigenvalue weighted by molar-refractivity contribution is 6.28. The summed E-state index contributed by atoms with van der Waals surface area (Å²) in [6.45, 7) is 0. The van der Waals surface area contributed by atoms with Gasteiger partial charge in [0.05, 0.1) is 28.4 Å². The number of hydrogen-bond acceptors (Lipinski definition) is 3. The van der Waals surface area contributed by atoms with Gasteiger partial charge in [0, 0.05) is 55.3 Å². The van der Waals surface area contributed by atoms with Crippen molar-refractivity contribution in [3.05, 3.63) is 255 Å². The van der Waals surface area contributed by atoms with Crippen molar-refractivity contribution in [2.24, 2.45) is 0 Å². The maximum atomic E-state index is 15.4. The second kappa shape index (κ2) is 12.2. The van der Waals surface area contributed by atoms with Gasteiger partial charge in [0.15, 0.2) is 11.6 Å². The first-order valence-electron chi connectivity index (χ1n) is 23.7. The van der Waals surface area contributed by atoms with Crippen LogP contribution >= 0.6 is 0 Å². The van der Waals surface area contributed by atoms with Crippen LogP contribution in [0.5, 0.6) is 0 Å². The first kappa shape index (κ1) is 35.6. The smallest absolute Gasteiger partial charge is 0.175 e. The van der Waals surface area contributed by atoms with E-state index in [9.17, 15) is 0 Å².